The van der Waals surface area contributed by atoms with E-state index >= 15 is 0 Å². The number of benzene rings is 1. The fraction of sp³-hybridized carbons (Fsp3) is 0.708. The molecule has 0 amide bonds. The summed E-state index contributed by atoms with van der Waals surface area (Å²) in [4.78, 5) is 12.5. The van der Waals surface area contributed by atoms with Crippen molar-refractivity contribution in [1.29, 1.82) is 0 Å². The first-order valence-electron chi connectivity index (χ1n) is 11.4. The SMILES string of the molecule is CCCOc1ccc(OC(=O)[C@H]2CC[C@H]([C@H]3CC[C@H](CC)CC3)CC2)c(F)c1F. The van der Waals surface area contributed by atoms with Crippen molar-refractivity contribution < 1.29 is 23.0 Å². The molecule has 0 unspecified atom stereocenters. The minimum atomic E-state index is -1.16. The maximum atomic E-state index is 14.3. The standard InChI is InChI=1S/C24H34F2O3/c1-3-15-28-20-13-14-21(23(26)22(20)25)29-24(27)19-11-9-18(10-12-19)17-7-5-16(4-2)6-8-17/h13-14,16-19H,3-12,15H2,1-2H3/t16-,17-,18-,19-. The predicted molar refractivity (Wildman–Crippen MR) is 109 cm³/mol. The van der Waals surface area contributed by atoms with Gasteiger partial charge in [-0.1, -0.05) is 33.1 Å². The van der Waals surface area contributed by atoms with Gasteiger partial charge >= 0.3 is 5.97 Å². The molecule has 3 nitrogen and oxygen atoms in total. The Hall–Kier alpha value is -1.65. The Labute approximate surface area is 173 Å². The number of hydrogen-bond acceptors (Lipinski definition) is 3. The highest BCUT2D eigenvalue weighted by atomic mass is 19.2. The van der Waals surface area contributed by atoms with Crippen molar-refractivity contribution >= 4 is 5.97 Å². The van der Waals surface area contributed by atoms with E-state index in [4.69, 9.17) is 9.47 Å². The van der Waals surface area contributed by atoms with Crippen LogP contribution in [0.5, 0.6) is 11.5 Å². The van der Waals surface area contributed by atoms with Crippen molar-refractivity contribution in [3.8, 4) is 11.5 Å². The molecular formula is C24H34F2O3. The van der Waals surface area contributed by atoms with Gasteiger partial charge in [0.25, 0.3) is 0 Å². The first-order valence-corrected chi connectivity index (χ1v) is 11.4. The maximum absolute atomic E-state index is 14.3. The summed E-state index contributed by atoms with van der Waals surface area (Å²) < 4.78 is 38.7. The van der Waals surface area contributed by atoms with Crippen LogP contribution in [-0.4, -0.2) is 12.6 Å². The highest BCUT2D eigenvalue weighted by Gasteiger charge is 2.33. The Morgan fingerprint density at radius 3 is 2.03 bits per heavy atom. The van der Waals surface area contributed by atoms with Gasteiger partial charge in [0.2, 0.25) is 11.6 Å². The van der Waals surface area contributed by atoms with Crippen LogP contribution in [0.1, 0.15) is 78.1 Å². The van der Waals surface area contributed by atoms with E-state index in [1.807, 2.05) is 6.92 Å². The van der Waals surface area contributed by atoms with E-state index in [-0.39, 0.29) is 17.4 Å². The summed E-state index contributed by atoms with van der Waals surface area (Å²) in [5, 5.41) is 0. The first-order chi connectivity index (χ1) is 14.0. The molecule has 0 radical (unpaired) electrons. The smallest absolute Gasteiger partial charge is 0.314 e. The molecule has 3 rings (SSSR count). The Kier molecular flexibility index (Phi) is 7.91. The van der Waals surface area contributed by atoms with E-state index in [9.17, 15) is 13.6 Å². The van der Waals surface area contributed by atoms with E-state index in [0.29, 0.717) is 18.9 Å². The predicted octanol–water partition coefficient (Wildman–Crippen LogP) is 6.68. The Morgan fingerprint density at radius 2 is 1.45 bits per heavy atom. The van der Waals surface area contributed by atoms with Gasteiger partial charge in [-0.2, -0.15) is 8.78 Å². The van der Waals surface area contributed by atoms with Gasteiger partial charge in [-0.15, -0.1) is 0 Å². The van der Waals surface area contributed by atoms with Gasteiger partial charge in [0.15, 0.2) is 11.5 Å². The molecule has 0 aromatic heterocycles. The normalized spacial score (nSPS) is 27.4. The van der Waals surface area contributed by atoms with Crippen LogP contribution < -0.4 is 9.47 Å². The van der Waals surface area contributed by atoms with Crippen molar-refractivity contribution in [3.05, 3.63) is 23.8 Å². The third-order valence-corrected chi connectivity index (χ3v) is 6.92. The molecule has 0 N–H and O–H groups in total. The van der Waals surface area contributed by atoms with E-state index < -0.39 is 17.6 Å². The van der Waals surface area contributed by atoms with Crippen molar-refractivity contribution in [2.75, 3.05) is 6.61 Å². The van der Waals surface area contributed by atoms with E-state index in [0.717, 1.165) is 37.5 Å². The fourth-order valence-corrected chi connectivity index (χ4v) is 5.00. The summed E-state index contributed by atoms with van der Waals surface area (Å²) in [6.07, 6.45) is 10.9. The first kappa shape index (κ1) is 22.0. The third-order valence-electron chi connectivity index (χ3n) is 6.92. The zero-order valence-electron chi connectivity index (χ0n) is 17.7. The molecule has 0 bridgehead atoms. The Balaban J connectivity index is 1.50. The number of carbonyl (C=O) groups is 1. The maximum Gasteiger partial charge on any atom is 0.314 e. The molecule has 1 aromatic carbocycles. The minimum Gasteiger partial charge on any atom is -0.490 e. The summed E-state index contributed by atoms with van der Waals surface area (Å²) in [5.41, 5.74) is 0. The quantitative estimate of drug-likeness (QED) is 0.373. The number of carbonyl (C=O) groups excluding carboxylic acids is 1. The second-order valence-corrected chi connectivity index (χ2v) is 8.76. The average Bonchev–Trinajstić information content (AvgIpc) is 2.76. The molecule has 1 aromatic rings. The Bertz CT molecular complexity index is 675. The van der Waals surface area contributed by atoms with Crippen molar-refractivity contribution in [1.82, 2.24) is 0 Å². The summed E-state index contributed by atoms with van der Waals surface area (Å²) in [6.45, 7) is 4.47. The van der Waals surface area contributed by atoms with Crippen LogP contribution in [0.4, 0.5) is 8.78 Å². The lowest BCUT2D eigenvalue weighted by atomic mass is 9.69. The number of hydrogen-bond donors (Lipinski definition) is 0. The number of ether oxygens (including phenoxy) is 2. The van der Waals surface area contributed by atoms with Crippen molar-refractivity contribution in [2.45, 2.75) is 78.1 Å². The fourth-order valence-electron chi connectivity index (χ4n) is 5.00. The van der Waals surface area contributed by atoms with Gasteiger partial charge in [-0.05, 0) is 74.8 Å². The van der Waals surface area contributed by atoms with E-state index in [1.165, 1.54) is 44.2 Å². The van der Waals surface area contributed by atoms with Crippen LogP contribution in [0.15, 0.2) is 12.1 Å². The van der Waals surface area contributed by atoms with Crippen LogP contribution in [0.25, 0.3) is 0 Å². The average molecular weight is 409 g/mol. The number of rotatable bonds is 7. The van der Waals surface area contributed by atoms with Crippen LogP contribution >= 0.6 is 0 Å². The van der Waals surface area contributed by atoms with Gasteiger partial charge in [0.05, 0.1) is 12.5 Å². The van der Waals surface area contributed by atoms with Gasteiger partial charge in [-0.3, -0.25) is 4.79 Å². The molecule has 162 valence electrons. The Morgan fingerprint density at radius 1 is 0.897 bits per heavy atom. The lowest BCUT2D eigenvalue weighted by molar-refractivity contribution is -0.140. The molecule has 0 atom stereocenters. The van der Waals surface area contributed by atoms with Crippen molar-refractivity contribution in [3.63, 3.8) is 0 Å². The van der Waals surface area contributed by atoms with Crippen molar-refractivity contribution in [2.24, 2.45) is 23.7 Å². The van der Waals surface area contributed by atoms with Gasteiger partial charge in [0, 0.05) is 0 Å². The second kappa shape index (κ2) is 10.4. The second-order valence-electron chi connectivity index (χ2n) is 8.76. The topological polar surface area (TPSA) is 35.5 Å². The molecule has 2 fully saturated rings. The van der Waals surface area contributed by atoms with Gasteiger partial charge < -0.3 is 9.47 Å². The molecule has 5 heteroatoms. The summed E-state index contributed by atoms with van der Waals surface area (Å²) in [6, 6.07) is 2.60. The lowest BCUT2D eigenvalue weighted by Crippen LogP contribution is -2.30. The zero-order chi connectivity index (χ0) is 20.8. The number of halogens is 2. The number of esters is 1. The molecular weight excluding hydrogens is 374 g/mol. The molecule has 2 aliphatic carbocycles. The van der Waals surface area contributed by atoms with Gasteiger partial charge in [0.1, 0.15) is 0 Å². The molecule has 0 heterocycles. The largest absolute Gasteiger partial charge is 0.490 e. The highest BCUT2D eigenvalue weighted by Crippen LogP contribution is 2.42. The summed E-state index contributed by atoms with van der Waals surface area (Å²) >= 11 is 0. The molecule has 0 spiro atoms. The monoisotopic (exact) mass is 408 g/mol. The molecule has 29 heavy (non-hydrogen) atoms. The third kappa shape index (κ3) is 5.49. The van der Waals surface area contributed by atoms with Crippen LogP contribution in [0, 0.1) is 35.3 Å². The highest BCUT2D eigenvalue weighted by molar-refractivity contribution is 5.75. The van der Waals surface area contributed by atoms with Crippen LogP contribution in [0.3, 0.4) is 0 Å². The van der Waals surface area contributed by atoms with Crippen LogP contribution in [0.2, 0.25) is 0 Å². The van der Waals surface area contributed by atoms with E-state index in [1.54, 1.807) is 0 Å². The van der Waals surface area contributed by atoms with Crippen LogP contribution in [-0.2, 0) is 4.79 Å². The molecule has 0 saturated heterocycles. The lowest BCUT2D eigenvalue weighted by Gasteiger charge is -2.37. The minimum absolute atomic E-state index is 0.151. The van der Waals surface area contributed by atoms with E-state index in [2.05, 4.69) is 6.92 Å². The molecule has 2 aliphatic rings. The summed E-state index contributed by atoms with van der Waals surface area (Å²) in [5.74, 6) is -1.05. The molecule has 2 saturated carbocycles. The van der Waals surface area contributed by atoms with Gasteiger partial charge in [-0.25, -0.2) is 0 Å². The summed E-state index contributed by atoms with van der Waals surface area (Å²) in [7, 11) is 0. The zero-order valence-corrected chi connectivity index (χ0v) is 17.7. The molecule has 0 aliphatic heterocycles.